The molecule has 1 aromatic rings. The second-order valence-corrected chi connectivity index (χ2v) is 8.57. The Kier molecular flexibility index (Phi) is 4.10. The molecule has 2 rings (SSSR count). The van der Waals surface area contributed by atoms with Gasteiger partial charge in [0.25, 0.3) is 0 Å². The summed E-state index contributed by atoms with van der Waals surface area (Å²) in [5.74, 6) is -1.56. The Labute approximate surface area is 117 Å². The third-order valence-electron chi connectivity index (χ3n) is 2.95. The Bertz CT molecular complexity index is 554. The molecule has 1 fully saturated rings. The molecule has 2 N–H and O–H groups in total. The Morgan fingerprint density at radius 2 is 2.17 bits per heavy atom. The summed E-state index contributed by atoms with van der Waals surface area (Å²) in [7, 11) is -3.61. The minimum absolute atomic E-state index is 0.199. The van der Waals surface area contributed by atoms with Gasteiger partial charge in [0.15, 0.2) is 0 Å². The monoisotopic (exact) mass is 353 g/mol. The molecule has 0 saturated heterocycles. The molecule has 1 aliphatic carbocycles. The highest BCUT2D eigenvalue weighted by atomic mass is 79.9. The maximum atomic E-state index is 12.1. The van der Waals surface area contributed by atoms with E-state index in [1.165, 1.54) is 6.07 Å². The minimum atomic E-state index is -3.61. The fraction of sp³-hybridized carbons (Fsp3) is 0.500. The van der Waals surface area contributed by atoms with Gasteiger partial charge < -0.3 is 5.11 Å². The summed E-state index contributed by atoms with van der Waals surface area (Å²) < 4.78 is 27.5. The van der Waals surface area contributed by atoms with Crippen molar-refractivity contribution in [2.75, 3.05) is 0 Å². The van der Waals surface area contributed by atoms with E-state index in [1.54, 1.807) is 6.07 Å². The topological polar surface area (TPSA) is 83.5 Å². The Morgan fingerprint density at radius 3 is 2.72 bits per heavy atom. The van der Waals surface area contributed by atoms with Crippen LogP contribution in [0.3, 0.4) is 0 Å². The number of carbonyl (C=O) groups is 1. The molecule has 0 spiro atoms. The number of hydrogen-bond donors (Lipinski definition) is 2. The van der Waals surface area contributed by atoms with Gasteiger partial charge in [-0.3, -0.25) is 4.79 Å². The maximum absolute atomic E-state index is 12.1. The van der Waals surface area contributed by atoms with Crippen molar-refractivity contribution < 1.29 is 18.3 Å². The molecule has 0 aromatic carbocycles. The molecule has 100 valence electrons. The van der Waals surface area contributed by atoms with Crippen LogP contribution in [-0.4, -0.2) is 25.5 Å². The molecule has 1 saturated carbocycles. The highest BCUT2D eigenvalue weighted by molar-refractivity contribution is 9.11. The van der Waals surface area contributed by atoms with E-state index in [0.29, 0.717) is 12.8 Å². The zero-order valence-corrected chi connectivity index (χ0v) is 12.5. The van der Waals surface area contributed by atoms with Gasteiger partial charge in [0, 0.05) is 6.04 Å². The Morgan fingerprint density at radius 1 is 1.44 bits per heavy atom. The number of carboxylic acid groups (broad SMARTS) is 1. The van der Waals surface area contributed by atoms with Gasteiger partial charge in [-0.05, 0) is 40.9 Å². The average molecular weight is 354 g/mol. The third kappa shape index (κ3) is 2.93. The van der Waals surface area contributed by atoms with Crippen LogP contribution in [0.4, 0.5) is 0 Å². The van der Waals surface area contributed by atoms with Crippen LogP contribution in [0.1, 0.15) is 19.3 Å². The van der Waals surface area contributed by atoms with Gasteiger partial charge in [0.05, 0.1) is 9.70 Å². The van der Waals surface area contributed by atoms with Crippen LogP contribution in [-0.2, 0) is 14.8 Å². The van der Waals surface area contributed by atoms with Crippen molar-refractivity contribution in [1.29, 1.82) is 0 Å². The summed E-state index contributed by atoms with van der Waals surface area (Å²) in [6, 6.07) is 2.65. The van der Waals surface area contributed by atoms with Crippen molar-refractivity contribution in [2.24, 2.45) is 5.92 Å². The molecular formula is C10H12BrNO4S2. The number of nitrogens with one attached hydrogen (secondary N) is 1. The lowest BCUT2D eigenvalue weighted by Gasteiger charge is -2.16. The summed E-state index contributed by atoms with van der Waals surface area (Å²) in [6.07, 6.45) is 1.83. The first-order valence-electron chi connectivity index (χ1n) is 5.40. The molecule has 2 unspecified atom stereocenters. The van der Waals surface area contributed by atoms with Crippen molar-refractivity contribution in [2.45, 2.75) is 29.5 Å². The van der Waals surface area contributed by atoms with Gasteiger partial charge in [-0.1, -0.05) is 6.42 Å². The van der Waals surface area contributed by atoms with Crippen molar-refractivity contribution in [3.8, 4) is 0 Å². The molecule has 2 atom stereocenters. The van der Waals surface area contributed by atoms with Crippen molar-refractivity contribution >= 4 is 43.3 Å². The number of hydrogen-bond acceptors (Lipinski definition) is 4. The largest absolute Gasteiger partial charge is 0.481 e. The first kappa shape index (κ1) is 14.0. The summed E-state index contributed by atoms with van der Waals surface area (Å²) in [5.41, 5.74) is 0. The molecule has 8 heteroatoms. The van der Waals surface area contributed by atoms with Gasteiger partial charge in [-0.25, -0.2) is 13.1 Å². The molecule has 5 nitrogen and oxygen atoms in total. The smallest absolute Gasteiger partial charge is 0.308 e. The van der Waals surface area contributed by atoms with E-state index in [2.05, 4.69) is 20.7 Å². The zero-order valence-electron chi connectivity index (χ0n) is 9.30. The Hall–Kier alpha value is -0.440. The van der Waals surface area contributed by atoms with Crippen LogP contribution in [0, 0.1) is 5.92 Å². The summed E-state index contributed by atoms with van der Waals surface area (Å²) in [6.45, 7) is 0. The average Bonchev–Trinajstić information content (AvgIpc) is 2.86. The summed E-state index contributed by atoms with van der Waals surface area (Å²) in [5, 5.41) is 9.02. The predicted octanol–water partition coefficient (Wildman–Crippen LogP) is 2.04. The highest BCUT2D eigenvalue weighted by Crippen LogP contribution is 2.30. The van der Waals surface area contributed by atoms with E-state index in [0.717, 1.165) is 21.5 Å². The van der Waals surface area contributed by atoms with Crippen LogP contribution < -0.4 is 4.72 Å². The number of sulfonamides is 1. The summed E-state index contributed by atoms with van der Waals surface area (Å²) >= 11 is 4.31. The van der Waals surface area contributed by atoms with E-state index >= 15 is 0 Å². The molecule has 0 bridgehead atoms. The second-order valence-electron chi connectivity index (χ2n) is 4.16. The van der Waals surface area contributed by atoms with Gasteiger partial charge in [0.1, 0.15) is 4.21 Å². The minimum Gasteiger partial charge on any atom is -0.481 e. The lowest BCUT2D eigenvalue weighted by Crippen LogP contribution is -2.39. The van der Waals surface area contributed by atoms with Gasteiger partial charge in [-0.2, -0.15) is 0 Å². The molecule has 0 amide bonds. The predicted molar refractivity (Wildman–Crippen MR) is 71.1 cm³/mol. The van der Waals surface area contributed by atoms with Crippen molar-refractivity contribution in [3.63, 3.8) is 0 Å². The zero-order chi connectivity index (χ0) is 13.3. The number of halogens is 1. The van der Waals surface area contributed by atoms with Crippen LogP contribution in [0.5, 0.6) is 0 Å². The maximum Gasteiger partial charge on any atom is 0.308 e. The molecule has 18 heavy (non-hydrogen) atoms. The van der Waals surface area contributed by atoms with Crippen LogP contribution in [0.2, 0.25) is 0 Å². The lowest BCUT2D eigenvalue weighted by atomic mass is 10.1. The Balaban J connectivity index is 2.16. The van der Waals surface area contributed by atoms with E-state index in [1.807, 2.05) is 0 Å². The highest BCUT2D eigenvalue weighted by Gasteiger charge is 2.36. The normalized spacial score (nSPS) is 24.3. The SMILES string of the molecule is O=C(O)C1CCCC1NS(=O)(=O)c1ccc(Br)s1. The number of aliphatic carboxylic acids is 1. The molecule has 0 radical (unpaired) electrons. The van der Waals surface area contributed by atoms with E-state index in [-0.39, 0.29) is 4.21 Å². The van der Waals surface area contributed by atoms with Crippen LogP contribution in [0.25, 0.3) is 0 Å². The number of carboxylic acids is 1. The van der Waals surface area contributed by atoms with Crippen LogP contribution >= 0.6 is 27.3 Å². The quantitative estimate of drug-likeness (QED) is 0.867. The van der Waals surface area contributed by atoms with Crippen molar-refractivity contribution in [3.05, 3.63) is 15.9 Å². The van der Waals surface area contributed by atoms with E-state index in [9.17, 15) is 13.2 Å². The van der Waals surface area contributed by atoms with E-state index < -0.39 is 28.0 Å². The summed E-state index contributed by atoms with van der Waals surface area (Å²) in [4.78, 5) is 11.0. The molecule has 0 aliphatic heterocycles. The number of thiophene rings is 1. The van der Waals surface area contributed by atoms with Crippen LogP contribution in [0.15, 0.2) is 20.1 Å². The fourth-order valence-corrected chi connectivity index (χ4v) is 5.43. The third-order valence-corrected chi connectivity index (χ3v) is 6.56. The lowest BCUT2D eigenvalue weighted by molar-refractivity contribution is -0.141. The van der Waals surface area contributed by atoms with Gasteiger partial charge in [0.2, 0.25) is 10.0 Å². The fourth-order valence-electron chi connectivity index (χ4n) is 2.10. The number of rotatable bonds is 4. The van der Waals surface area contributed by atoms with E-state index in [4.69, 9.17) is 5.11 Å². The van der Waals surface area contributed by atoms with Gasteiger partial charge in [-0.15, -0.1) is 11.3 Å². The van der Waals surface area contributed by atoms with Crippen molar-refractivity contribution in [1.82, 2.24) is 4.72 Å². The standard InChI is InChI=1S/C10H12BrNO4S2/c11-8-4-5-9(17-8)18(15,16)12-7-3-1-2-6(7)10(13)14/h4-7,12H,1-3H2,(H,13,14). The second kappa shape index (κ2) is 5.28. The molecular weight excluding hydrogens is 342 g/mol. The first-order chi connectivity index (χ1) is 8.40. The van der Waals surface area contributed by atoms with Gasteiger partial charge >= 0.3 is 5.97 Å². The molecule has 1 heterocycles. The molecule has 1 aliphatic rings. The molecule has 1 aromatic heterocycles. The first-order valence-corrected chi connectivity index (χ1v) is 8.50.